The highest BCUT2D eigenvalue weighted by Crippen LogP contribution is 2.12. The molecule has 6 nitrogen and oxygen atoms in total. The van der Waals surface area contributed by atoms with Gasteiger partial charge in [-0.1, -0.05) is 6.07 Å². The Bertz CT molecular complexity index is 484. The number of morpholine rings is 1. The molecule has 1 saturated heterocycles. The number of nitrogens with one attached hydrogen (secondary N) is 2. The van der Waals surface area contributed by atoms with Gasteiger partial charge < -0.3 is 20.3 Å². The van der Waals surface area contributed by atoms with Gasteiger partial charge in [0.25, 0.3) is 5.91 Å². The van der Waals surface area contributed by atoms with E-state index in [4.69, 9.17) is 4.74 Å². The Hall–Kier alpha value is -2.08. The average Bonchev–Trinajstić information content (AvgIpc) is 2.48. The zero-order valence-electron chi connectivity index (χ0n) is 11.5. The van der Waals surface area contributed by atoms with Crippen molar-refractivity contribution in [3.8, 4) is 0 Å². The van der Waals surface area contributed by atoms with Crippen molar-refractivity contribution in [1.29, 1.82) is 0 Å². The van der Waals surface area contributed by atoms with E-state index < -0.39 is 0 Å². The van der Waals surface area contributed by atoms with Crippen LogP contribution in [0, 0.1) is 0 Å². The maximum Gasteiger partial charge on any atom is 0.321 e. The summed E-state index contributed by atoms with van der Waals surface area (Å²) in [6.07, 6.45) is 0. The van der Waals surface area contributed by atoms with Crippen LogP contribution in [0.15, 0.2) is 24.3 Å². The molecule has 3 amide bonds. The number of amides is 3. The minimum absolute atomic E-state index is 0.144. The molecule has 0 radical (unpaired) electrons. The standard InChI is InChI=1S/C14H19N3O3/c1-2-15-13(18)11-4-3-5-12(10-11)16-14(19)17-6-8-20-9-7-17/h3-5,10H,2,6-9H2,1H3,(H,15,18)(H,16,19). The van der Waals surface area contributed by atoms with Crippen molar-refractivity contribution in [2.75, 3.05) is 38.2 Å². The fourth-order valence-electron chi connectivity index (χ4n) is 1.97. The Balaban J connectivity index is 2.00. The Labute approximate surface area is 118 Å². The molecule has 0 aliphatic carbocycles. The Kier molecular flexibility index (Phi) is 4.95. The maximum atomic E-state index is 12.0. The summed E-state index contributed by atoms with van der Waals surface area (Å²) in [5, 5.41) is 5.53. The Morgan fingerprint density at radius 2 is 2.05 bits per heavy atom. The van der Waals surface area contributed by atoms with E-state index in [1.807, 2.05) is 6.92 Å². The first kappa shape index (κ1) is 14.3. The van der Waals surface area contributed by atoms with E-state index >= 15 is 0 Å². The SMILES string of the molecule is CCNC(=O)c1cccc(NC(=O)N2CCOCC2)c1. The number of carbonyl (C=O) groups excluding carboxylic acids is 2. The number of hydrogen-bond donors (Lipinski definition) is 2. The molecule has 0 aromatic heterocycles. The molecule has 1 aliphatic rings. The predicted molar refractivity (Wildman–Crippen MR) is 75.9 cm³/mol. The molecule has 6 heteroatoms. The summed E-state index contributed by atoms with van der Waals surface area (Å²) in [4.78, 5) is 25.5. The largest absolute Gasteiger partial charge is 0.378 e. The van der Waals surface area contributed by atoms with E-state index in [2.05, 4.69) is 10.6 Å². The molecule has 20 heavy (non-hydrogen) atoms. The van der Waals surface area contributed by atoms with E-state index in [-0.39, 0.29) is 11.9 Å². The van der Waals surface area contributed by atoms with E-state index in [1.165, 1.54) is 0 Å². The van der Waals surface area contributed by atoms with Gasteiger partial charge in [-0.25, -0.2) is 4.79 Å². The van der Waals surface area contributed by atoms with Gasteiger partial charge in [0.15, 0.2) is 0 Å². The van der Waals surface area contributed by atoms with Crippen LogP contribution >= 0.6 is 0 Å². The van der Waals surface area contributed by atoms with Crippen LogP contribution in [0.4, 0.5) is 10.5 Å². The topological polar surface area (TPSA) is 70.7 Å². The van der Waals surface area contributed by atoms with Gasteiger partial charge in [0.1, 0.15) is 0 Å². The van der Waals surface area contributed by atoms with Crippen LogP contribution in [0.5, 0.6) is 0 Å². The number of urea groups is 1. The highest BCUT2D eigenvalue weighted by Gasteiger charge is 2.17. The summed E-state index contributed by atoms with van der Waals surface area (Å²) in [5.74, 6) is -0.144. The van der Waals surface area contributed by atoms with Gasteiger partial charge in [-0.2, -0.15) is 0 Å². The quantitative estimate of drug-likeness (QED) is 0.875. The van der Waals surface area contributed by atoms with E-state index in [0.29, 0.717) is 44.1 Å². The van der Waals surface area contributed by atoms with Crippen LogP contribution in [0.3, 0.4) is 0 Å². The van der Waals surface area contributed by atoms with Gasteiger partial charge in [-0.3, -0.25) is 4.79 Å². The number of benzene rings is 1. The van der Waals surface area contributed by atoms with Crippen molar-refractivity contribution < 1.29 is 14.3 Å². The third-order valence-corrected chi connectivity index (χ3v) is 3.01. The smallest absolute Gasteiger partial charge is 0.321 e. The molecule has 108 valence electrons. The zero-order valence-corrected chi connectivity index (χ0v) is 11.5. The number of ether oxygens (including phenoxy) is 1. The third-order valence-electron chi connectivity index (χ3n) is 3.01. The van der Waals surface area contributed by atoms with Crippen molar-refractivity contribution in [3.63, 3.8) is 0 Å². The lowest BCUT2D eigenvalue weighted by atomic mass is 10.2. The summed E-state index contributed by atoms with van der Waals surface area (Å²) in [6.45, 7) is 4.73. The molecule has 2 N–H and O–H groups in total. The summed E-state index contributed by atoms with van der Waals surface area (Å²) >= 11 is 0. The number of rotatable bonds is 3. The van der Waals surface area contributed by atoms with Gasteiger partial charge in [-0.05, 0) is 25.1 Å². The first-order valence-electron chi connectivity index (χ1n) is 6.72. The number of anilines is 1. The number of nitrogens with zero attached hydrogens (tertiary/aromatic N) is 1. The molecular weight excluding hydrogens is 258 g/mol. The summed E-state index contributed by atoms with van der Waals surface area (Å²) in [5.41, 5.74) is 1.15. The van der Waals surface area contributed by atoms with Crippen LogP contribution in [0.2, 0.25) is 0 Å². The number of carbonyl (C=O) groups is 2. The molecule has 0 atom stereocenters. The van der Waals surface area contributed by atoms with E-state index in [0.717, 1.165) is 0 Å². The molecule has 1 fully saturated rings. The van der Waals surface area contributed by atoms with Crippen LogP contribution < -0.4 is 10.6 Å². The summed E-state index contributed by atoms with van der Waals surface area (Å²) in [7, 11) is 0. The lowest BCUT2D eigenvalue weighted by molar-refractivity contribution is 0.0564. The Morgan fingerprint density at radius 3 is 2.75 bits per heavy atom. The maximum absolute atomic E-state index is 12.0. The van der Waals surface area contributed by atoms with Crippen molar-refractivity contribution in [1.82, 2.24) is 10.2 Å². The summed E-state index contributed by atoms with van der Waals surface area (Å²) < 4.78 is 5.20. The summed E-state index contributed by atoms with van der Waals surface area (Å²) in [6, 6.07) is 6.74. The first-order valence-corrected chi connectivity index (χ1v) is 6.72. The van der Waals surface area contributed by atoms with Gasteiger partial charge in [0, 0.05) is 30.9 Å². The minimum atomic E-state index is -0.165. The lowest BCUT2D eigenvalue weighted by Gasteiger charge is -2.26. The van der Waals surface area contributed by atoms with E-state index in [1.54, 1.807) is 29.2 Å². The predicted octanol–water partition coefficient (Wildman–Crippen LogP) is 1.30. The van der Waals surface area contributed by atoms with Crippen molar-refractivity contribution in [2.45, 2.75) is 6.92 Å². The normalized spacial score (nSPS) is 14.8. The second-order valence-electron chi connectivity index (χ2n) is 4.47. The molecule has 2 rings (SSSR count). The fraction of sp³-hybridized carbons (Fsp3) is 0.429. The molecule has 1 aromatic rings. The fourth-order valence-corrected chi connectivity index (χ4v) is 1.97. The minimum Gasteiger partial charge on any atom is -0.378 e. The molecule has 1 aromatic carbocycles. The molecular formula is C14H19N3O3. The van der Waals surface area contributed by atoms with Crippen LogP contribution in [-0.2, 0) is 4.74 Å². The zero-order chi connectivity index (χ0) is 14.4. The van der Waals surface area contributed by atoms with Gasteiger partial charge in [-0.15, -0.1) is 0 Å². The highest BCUT2D eigenvalue weighted by atomic mass is 16.5. The lowest BCUT2D eigenvalue weighted by Crippen LogP contribution is -2.43. The molecule has 0 saturated carbocycles. The van der Waals surface area contributed by atoms with Crippen LogP contribution in [0.1, 0.15) is 17.3 Å². The van der Waals surface area contributed by atoms with Gasteiger partial charge >= 0.3 is 6.03 Å². The van der Waals surface area contributed by atoms with Gasteiger partial charge in [0.05, 0.1) is 13.2 Å². The molecule has 0 unspecified atom stereocenters. The molecule has 1 aliphatic heterocycles. The Morgan fingerprint density at radius 1 is 1.30 bits per heavy atom. The van der Waals surface area contributed by atoms with E-state index in [9.17, 15) is 9.59 Å². The second kappa shape index (κ2) is 6.91. The van der Waals surface area contributed by atoms with Crippen molar-refractivity contribution in [3.05, 3.63) is 29.8 Å². The number of hydrogen-bond acceptors (Lipinski definition) is 3. The first-order chi connectivity index (χ1) is 9.70. The van der Waals surface area contributed by atoms with Crippen LogP contribution in [0.25, 0.3) is 0 Å². The highest BCUT2D eigenvalue weighted by molar-refractivity contribution is 5.96. The molecule has 0 spiro atoms. The third kappa shape index (κ3) is 3.71. The molecule has 0 bridgehead atoms. The monoisotopic (exact) mass is 277 g/mol. The van der Waals surface area contributed by atoms with Crippen molar-refractivity contribution >= 4 is 17.6 Å². The molecule has 1 heterocycles. The average molecular weight is 277 g/mol. The van der Waals surface area contributed by atoms with Crippen LogP contribution in [-0.4, -0.2) is 49.7 Å². The second-order valence-corrected chi connectivity index (χ2v) is 4.47. The van der Waals surface area contributed by atoms with Gasteiger partial charge in [0.2, 0.25) is 0 Å². The van der Waals surface area contributed by atoms with Crippen molar-refractivity contribution in [2.24, 2.45) is 0 Å².